The van der Waals surface area contributed by atoms with E-state index < -0.39 is 67.2 Å². The molecule has 0 bridgehead atoms. The summed E-state index contributed by atoms with van der Waals surface area (Å²) < 4.78 is 31.8. The van der Waals surface area contributed by atoms with E-state index in [2.05, 4.69) is 0 Å². The first-order chi connectivity index (χ1) is 15.1. The lowest BCUT2D eigenvalue weighted by Crippen LogP contribution is -2.63. The van der Waals surface area contributed by atoms with Gasteiger partial charge in [0, 0.05) is 27.7 Å². The van der Waals surface area contributed by atoms with Crippen LogP contribution in [0.3, 0.4) is 0 Å². The van der Waals surface area contributed by atoms with Gasteiger partial charge >= 0.3 is 29.8 Å². The average molecular weight is 452 g/mol. The second-order valence-corrected chi connectivity index (χ2v) is 6.84. The third kappa shape index (κ3) is 7.05. The van der Waals surface area contributed by atoms with Crippen molar-refractivity contribution in [1.82, 2.24) is 0 Å². The molecule has 0 spiro atoms. The number of ether oxygens (including phenoxy) is 6. The molecule has 1 saturated heterocycles. The average Bonchev–Trinajstić information content (AvgIpc) is 2.70. The molecule has 1 aliphatic heterocycles. The number of hydrogen-bond donors (Lipinski definition) is 0. The molecule has 0 amide bonds. The summed E-state index contributed by atoms with van der Waals surface area (Å²) in [7, 11) is 0. The molecule has 0 unspecified atom stereocenters. The number of hydrogen-bond acceptors (Lipinski definition) is 11. The fourth-order valence-corrected chi connectivity index (χ4v) is 3.02. The predicted octanol–water partition coefficient (Wildman–Crippen LogP) is 0.926. The molecular formula is C21H24O11. The first-order valence-electron chi connectivity index (χ1n) is 9.65. The Balaban J connectivity index is 2.44. The normalized spacial score (nSPS) is 24.6. The van der Waals surface area contributed by atoms with Crippen LogP contribution in [0.25, 0.3) is 0 Å². The van der Waals surface area contributed by atoms with Crippen LogP contribution in [0.15, 0.2) is 30.3 Å². The van der Waals surface area contributed by atoms with Crippen LogP contribution in [-0.4, -0.2) is 67.2 Å². The van der Waals surface area contributed by atoms with E-state index in [0.717, 1.165) is 27.7 Å². The summed E-state index contributed by atoms with van der Waals surface area (Å²) in [5.41, 5.74) is 0.168. The number of carbonyl (C=O) groups is 5. The van der Waals surface area contributed by atoms with Crippen molar-refractivity contribution < 1.29 is 52.4 Å². The van der Waals surface area contributed by atoms with Crippen molar-refractivity contribution in [2.24, 2.45) is 0 Å². The van der Waals surface area contributed by atoms with Crippen molar-refractivity contribution in [2.45, 2.75) is 58.4 Å². The van der Waals surface area contributed by atoms with Gasteiger partial charge in [0.1, 0.15) is 12.7 Å². The summed E-state index contributed by atoms with van der Waals surface area (Å²) in [4.78, 5) is 59.1. The molecule has 1 aromatic rings. The van der Waals surface area contributed by atoms with Gasteiger partial charge in [-0.3, -0.25) is 19.2 Å². The fourth-order valence-electron chi connectivity index (χ4n) is 3.02. The highest BCUT2D eigenvalue weighted by atomic mass is 16.7. The molecule has 174 valence electrons. The van der Waals surface area contributed by atoms with Crippen molar-refractivity contribution in [3.8, 4) is 0 Å². The van der Waals surface area contributed by atoms with Crippen LogP contribution in [0.4, 0.5) is 0 Å². The van der Waals surface area contributed by atoms with E-state index >= 15 is 0 Å². The molecule has 0 radical (unpaired) electrons. The van der Waals surface area contributed by atoms with E-state index in [9.17, 15) is 24.0 Å². The van der Waals surface area contributed by atoms with Crippen molar-refractivity contribution in [3.63, 3.8) is 0 Å². The molecule has 32 heavy (non-hydrogen) atoms. The zero-order valence-corrected chi connectivity index (χ0v) is 18.0. The Morgan fingerprint density at radius 2 is 1.28 bits per heavy atom. The summed E-state index contributed by atoms with van der Waals surface area (Å²) in [6, 6.07) is 7.89. The fraction of sp³-hybridized carbons (Fsp3) is 0.476. The molecule has 2 rings (SSSR count). The van der Waals surface area contributed by atoms with E-state index in [4.69, 9.17) is 28.4 Å². The maximum atomic E-state index is 12.7. The summed E-state index contributed by atoms with van der Waals surface area (Å²) in [6.45, 7) is 4.04. The Kier molecular flexibility index (Phi) is 8.71. The van der Waals surface area contributed by atoms with Gasteiger partial charge in [-0.05, 0) is 12.1 Å². The molecule has 0 saturated carbocycles. The Morgan fingerprint density at radius 1 is 0.719 bits per heavy atom. The number of rotatable bonds is 7. The number of esters is 5. The summed E-state index contributed by atoms with van der Waals surface area (Å²) in [6.07, 6.45) is -6.99. The van der Waals surface area contributed by atoms with Crippen LogP contribution < -0.4 is 0 Å². The van der Waals surface area contributed by atoms with Gasteiger partial charge in [0.2, 0.25) is 12.4 Å². The van der Waals surface area contributed by atoms with Crippen molar-refractivity contribution in [3.05, 3.63) is 35.9 Å². The molecule has 0 aliphatic carbocycles. The molecule has 1 aliphatic rings. The van der Waals surface area contributed by atoms with Crippen molar-refractivity contribution in [2.75, 3.05) is 6.61 Å². The van der Waals surface area contributed by atoms with Crippen LogP contribution in [-0.2, 0) is 47.6 Å². The second-order valence-electron chi connectivity index (χ2n) is 6.84. The Hall–Kier alpha value is -3.47. The first kappa shape index (κ1) is 24.8. The van der Waals surface area contributed by atoms with Crippen LogP contribution in [0.1, 0.15) is 38.1 Å². The van der Waals surface area contributed by atoms with Gasteiger partial charge < -0.3 is 28.4 Å². The minimum Gasteiger partial charge on any atom is -0.463 e. The molecule has 1 fully saturated rings. The van der Waals surface area contributed by atoms with Crippen LogP contribution in [0.2, 0.25) is 0 Å². The lowest BCUT2D eigenvalue weighted by Gasteiger charge is -2.43. The minimum atomic E-state index is -1.54. The van der Waals surface area contributed by atoms with Crippen molar-refractivity contribution in [1.29, 1.82) is 0 Å². The third-order valence-corrected chi connectivity index (χ3v) is 4.18. The maximum Gasteiger partial charge on any atom is 0.338 e. The van der Waals surface area contributed by atoms with Crippen molar-refractivity contribution >= 4 is 29.8 Å². The Labute approximate surface area is 183 Å². The highest BCUT2D eigenvalue weighted by Crippen LogP contribution is 2.30. The van der Waals surface area contributed by atoms with Gasteiger partial charge in [-0.2, -0.15) is 0 Å². The molecule has 0 aromatic heterocycles. The van der Waals surface area contributed by atoms with E-state index in [1.165, 1.54) is 12.1 Å². The molecular weight excluding hydrogens is 428 g/mol. The molecule has 11 heteroatoms. The number of carbonyl (C=O) groups excluding carboxylic acids is 5. The maximum absolute atomic E-state index is 12.7. The van der Waals surface area contributed by atoms with Crippen LogP contribution in [0.5, 0.6) is 0 Å². The Morgan fingerprint density at radius 3 is 1.81 bits per heavy atom. The molecule has 11 nitrogen and oxygen atoms in total. The largest absolute Gasteiger partial charge is 0.463 e. The van der Waals surface area contributed by atoms with Gasteiger partial charge in [-0.25, -0.2) is 4.79 Å². The predicted molar refractivity (Wildman–Crippen MR) is 104 cm³/mol. The third-order valence-electron chi connectivity index (χ3n) is 4.18. The Bertz CT molecular complexity index is 851. The van der Waals surface area contributed by atoms with Gasteiger partial charge in [0.05, 0.1) is 5.56 Å². The van der Waals surface area contributed by atoms with Gasteiger partial charge in [0.15, 0.2) is 12.2 Å². The molecule has 0 N–H and O–H groups in total. The van der Waals surface area contributed by atoms with Crippen LogP contribution in [0, 0.1) is 0 Å². The zero-order valence-electron chi connectivity index (χ0n) is 18.0. The quantitative estimate of drug-likeness (QED) is 0.431. The standard InChI is InChI=1S/C21H24O11/c1-11(22)27-10-16-17(28-12(2)23)18(29-13(3)24)19(21(31-16)30-14(4)25)32-20(26)15-8-6-5-7-9-15/h5-9,16-19,21H,10H2,1-4H3/t16-,17-,18+,19+,21+/m1/s1. The van der Waals surface area contributed by atoms with E-state index in [1.54, 1.807) is 18.2 Å². The number of benzene rings is 1. The van der Waals surface area contributed by atoms with Gasteiger partial charge in [-0.15, -0.1) is 0 Å². The van der Waals surface area contributed by atoms with Gasteiger partial charge in [-0.1, -0.05) is 18.2 Å². The topological polar surface area (TPSA) is 141 Å². The summed E-state index contributed by atoms with van der Waals surface area (Å²) in [5, 5.41) is 0. The van der Waals surface area contributed by atoms with E-state index in [0.29, 0.717) is 0 Å². The highest BCUT2D eigenvalue weighted by Gasteiger charge is 2.53. The highest BCUT2D eigenvalue weighted by molar-refractivity contribution is 5.89. The first-order valence-corrected chi connectivity index (χ1v) is 9.65. The van der Waals surface area contributed by atoms with E-state index in [-0.39, 0.29) is 5.56 Å². The lowest BCUT2D eigenvalue weighted by molar-refractivity contribution is -0.296. The summed E-state index contributed by atoms with van der Waals surface area (Å²) >= 11 is 0. The van der Waals surface area contributed by atoms with Gasteiger partial charge in [0.25, 0.3) is 0 Å². The smallest absolute Gasteiger partial charge is 0.338 e. The molecule has 1 heterocycles. The zero-order chi connectivity index (χ0) is 23.8. The van der Waals surface area contributed by atoms with Crippen LogP contribution >= 0.6 is 0 Å². The SMILES string of the molecule is CC(=O)OC[C@H]1O[C@H](OC(C)=O)[C@@H](OC(=O)c2ccccc2)[C@@H](OC(C)=O)[C@@H]1OC(C)=O. The molecule has 1 aromatic carbocycles. The minimum absolute atomic E-state index is 0.168. The monoisotopic (exact) mass is 452 g/mol. The molecule has 5 atom stereocenters. The second kappa shape index (κ2) is 11.2. The van der Waals surface area contributed by atoms with E-state index in [1.807, 2.05) is 0 Å². The summed E-state index contributed by atoms with van der Waals surface area (Å²) in [5.74, 6) is -3.81. The lowest BCUT2D eigenvalue weighted by atomic mass is 9.98.